The van der Waals surface area contributed by atoms with Gasteiger partial charge in [-0.15, -0.1) is 0 Å². The Morgan fingerprint density at radius 3 is 2.68 bits per heavy atom. The van der Waals surface area contributed by atoms with Gasteiger partial charge in [-0.05, 0) is 48.1 Å². The molecule has 1 amide bonds. The van der Waals surface area contributed by atoms with E-state index in [1.54, 1.807) is 19.6 Å². The van der Waals surface area contributed by atoms with Gasteiger partial charge < -0.3 is 19.8 Å². The van der Waals surface area contributed by atoms with Crippen LogP contribution in [0.5, 0.6) is 5.75 Å². The predicted molar refractivity (Wildman–Crippen MR) is 120 cm³/mol. The predicted octanol–water partition coefficient (Wildman–Crippen LogP) is 3.78. The third-order valence-corrected chi connectivity index (χ3v) is 6.04. The van der Waals surface area contributed by atoms with Gasteiger partial charge in [0.1, 0.15) is 5.75 Å². The summed E-state index contributed by atoms with van der Waals surface area (Å²) in [6.45, 7) is 1.82. The zero-order valence-corrected chi connectivity index (χ0v) is 17.9. The smallest absolute Gasteiger partial charge is 0.226 e. The molecule has 0 radical (unpaired) electrons. The van der Waals surface area contributed by atoms with Crippen LogP contribution in [0.4, 0.5) is 0 Å². The lowest BCUT2D eigenvalue weighted by atomic mass is 9.74. The molecule has 31 heavy (non-hydrogen) atoms. The molecule has 1 aliphatic heterocycles. The summed E-state index contributed by atoms with van der Waals surface area (Å²) in [6.07, 6.45) is 6.35. The minimum Gasteiger partial charge on any atom is -0.497 e. The molecule has 0 unspecified atom stereocenters. The molecular formula is C25H29N3O3. The number of carbonyl (C=O) groups is 1. The molecule has 0 saturated carbocycles. The molecule has 0 aliphatic carbocycles. The van der Waals surface area contributed by atoms with Crippen molar-refractivity contribution in [3.05, 3.63) is 72.3 Å². The minimum atomic E-state index is -0.445. The third-order valence-electron chi connectivity index (χ3n) is 6.04. The standard InChI is InChI=1S/C25H29N3O3/c1-30-23-7-3-6-21(15-23)20-5-2-4-19(14-20)16-25(9-12-31-13-10-25)24(29)27-11-8-22-17-26-18-28-22/h2-7,14-15,17-18H,8-13,16H2,1H3,(H,26,28)(H,27,29). The molecule has 162 valence electrons. The van der Waals surface area contributed by atoms with Crippen LogP contribution in [0.25, 0.3) is 11.1 Å². The summed E-state index contributed by atoms with van der Waals surface area (Å²) in [5.41, 5.74) is 3.96. The topological polar surface area (TPSA) is 76.2 Å². The zero-order chi connectivity index (χ0) is 21.5. The second kappa shape index (κ2) is 9.79. The average Bonchev–Trinajstić information content (AvgIpc) is 3.33. The zero-order valence-electron chi connectivity index (χ0n) is 17.9. The number of nitrogens with one attached hydrogen (secondary N) is 2. The SMILES string of the molecule is COc1cccc(-c2cccc(CC3(C(=O)NCCc4cnc[nH]4)CCOCC3)c2)c1. The molecule has 2 heterocycles. The Balaban J connectivity index is 1.50. The van der Waals surface area contributed by atoms with E-state index < -0.39 is 5.41 Å². The van der Waals surface area contributed by atoms with Crippen LogP contribution in [0, 0.1) is 5.41 Å². The largest absolute Gasteiger partial charge is 0.497 e. The van der Waals surface area contributed by atoms with Gasteiger partial charge in [0.2, 0.25) is 5.91 Å². The Labute approximate surface area is 183 Å². The molecule has 1 saturated heterocycles. The van der Waals surface area contributed by atoms with E-state index in [2.05, 4.69) is 45.6 Å². The van der Waals surface area contributed by atoms with Crippen LogP contribution in [-0.4, -0.2) is 42.7 Å². The lowest BCUT2D eigenvalue weighted by Gasteiger charge is -2.36. The summed E-state index contributed by atoms with van der Waals surface area (Å²) < 4.78 is 11.0. The second-order valence-corrected chi connectivity index (χ2v) is 8.08. The number of aromatic nitrogens is 2. The quantitative estimate of drug-likeness (QED) is 0.583. The Hall–Kier alpha value is -3.12. The van der Waals surface area contributed by atoms with Crippen molar-refractivity contribution in [3.8, 4) is 16.9 Å². The molecule has 1 aliphatic rings. The highest BCUT2D eigenvalue weighted by atomic mass is 16.5. The maximum absolute atomic E-state index is 13.3. The first-order chi connectivity index (χ1) is 15.2. The molecule has 3 aromatic rings. The van der Waals surface area contributed by atoms with Crippen LogP contribution in [0.2, 0.25) is 0 Å². The average molecular weight is 420 g/mol. The molecule has 6 nitrogen and oxygen atoms in total. The fraction of sp³-hybridized carbons (Fsp3) is 0.360. The fourth-order valence-electron chi connectivity index (χ4n) is 4.22. The van der Waals surface area contributed by atoms with Crippen LogP contribution >= 0.6 is 0 Å². The van der Waals surface area contributed by atoms with Crippen molar-refractivity contribution in [2.24, 2.45) is 5.41 Å². The number of carbonyl (C=O) groups excluding carboxylic acids is 1. The van der Waals surface area contributed by atoms with Crippen LogP contribution in [0.1, 0.15) is 24.1 Å². The molecule has 2 aromatic carbocycles. The number of nitrogens with zero attached hydrogens (tertiary/aromatic N) is 1. The molecule has 6 heteroatoms. The molecule has 0 atom stereocenters. The van der Waals surface area contributed by atoms with Crippen LogP contribution in [0.15, 0.2) is 61.1 Å². The second-order valence-electron chi connectivity index (χ2n) is 8.08. The van der Waals surface area contributed by atoms with E-state index >= 15 is 0 Å². The number of amides is 1. The number of aromatic amines is 1. The van der Waals surface area contributed by atoms with E-state index in [0.717, 1.165) is 47.4 Å². The van der Waals surface area contributed by atoms with Gasteiger partial charge in [0.05, 0.1) is 18.9 Å². The maximum Gasteiger partial charge on any atom is 0.226 e. The number of rotatable bonds is 8. The number of imidazole rings is 1. The van der Waals surface area contributed by atoms with Gasteiger partial charge >= 0.3 is 0 Å². The number of ether oxygens (including phenoxy) is 2. The maximum atomic E-state index is 13.3. The molecule has 2 N–H and O–H groups in total. The van der Waals surface area contributed by atoms with Gasteiger partial charge in [-0.2, -0.15) is 0 Å². The Morgan fingerprint density at radius 2 is 1.94 bits per heavy atom. The summed E-state index contributed by atoms with van der Waals surface area (Å²) in [7, 11) is 1.68. The third kappa shape index (κ3) is 5.14. The summed E-state index contributed by atoms with van der Waals surface area (Å²) in [5.74, 6) is 0.947. The van der Waals surface area contributed by atoms with E-state index in [9.17, 15) is 4.79 Å². The highest BCUT2D eigenvalue weighted by molar-refractivity contribution is 5.83. The monoisotopic (exact) mass is 419 g/mol. The molecule has 1 aromatic heterocycles. The van der Waals surface area contributed by atoms with Gasteiger partial charge in [0.25, 0.3) is 0 Å². The Morgan fingerprint density at radius 1 is 1.16 bits per heavy atom. The summed E-state index contributed by atoms with van der Waals surface area (Å²) in [5, 5.41) is 3.15. The van der Waals surface area contributed by atoms with Crippen molar-refractivity contribution in [2.75, 3.05) is 26.9 Å². The normalized spacial score (nSPS) is 15.4. The van der Waals surface area contributed by atoms with Gasteiger partial charge in [0.15, 0.2) is 0 Å². The van der Waals surface area contributed by atoms with Crippen LogP contribution in [0.3, 0.4) is 0 Å². The first-order valence-corrected chi connectivity index (χ1v) is 10.8. The number of H-pyrrole nitrogens is 1. The van der Waals surface area contributed by atoms with Gasteiger partial charge in [-0.1, -0.05) is 36.4 Å². The molecule has 4 rings (SSSR count). The van der Waals surface area contributed by atoms with Crippen molar-refractivity contribution < 1.29 is 14.3 Å². The summed E-state index contributed by atoms with van der Waals surface area (Å²) in [4.78, 5) is 20.4. The molecule has 1 fully saturated rings. The highest BCUT2D eigenvalue weighted by Gasteiger charge is 2.39. The van der Waals surface area contributed by atoms with Crippen molar-refractivity contribution in [1.29, 1.82) is 0 Å². The molecule has 0 bridgehead atoms. The van der Waals surface area contributed by atoms with Crippen molar-refractivity contribution in [1.82, 2.24) is 15.3 Å². The lowest BCUT2D eigenvalue weighted by Crippen LogP contribution is -2.46. The summed E-state index contributed by atoms with van der Waals surface area (Å²) >= 11 is 0. The summed E-state index contributed by atoms with van der Waals surface area (Å²) in [6, 6.07) is 16.5. The van der Waals surface area contributed by atoms with Crippen molar-refractivity contribution >= 4 is 5.91 Å². The molecule has 0 spiro atoms. The van der Waals surface area contributed by atoms with Crippen molar-refractivity contribution in [3.63, 3.8) is 0 Å². The van der Waals surface area contributed by atoms with Crippen LogP contribution < -0.4 is 10.1 Å². The van der Waals surface area contributed by atoms with E-state index in [4.69, 9.17) is 9.47 Å². The number of benzene rings is 2. The number of hydrogen-bond acceptors (Lipinski definition) is 4. The first kappa shape index (κ1) is 21.1. The van der Waals surface area contributed by atoms with Gasteiger partial charge in [0, 0.05) is 38.1 Å². The van der Waals surface area contributed by atoms with Crippen LogP contribution in [-0.2, 0) is 22.4 Å². The fourth-order valence-corrected chi connectivity index (χ4v) is 4.22. The Bertz CT molecular complexity index is 995. The Kier molecular flexibility index (Phi) is 6.67. The van der Waals surface area contributed by atoms with E-state index in [1.165, 1.54) is 0 Å². The van der Waals surface area contributed by atoms with E-state index in [0.29, 0.717) is 26.2 Å². The van der Waals surface area contributed by atoms with E-state index in [-0.39, 0.29) is 5.91 Å². The highest BCUT2D eigenvalue weighted by Crippen LogP contribution is 2.36. The first-order valence-electron chi connectivity index (χ1n) is 10.8. The van der Waals surface area contributed by atoms with E-state index in [1.807, 2.05) is 18.2 Å². The van der Waals surface area contributed by atoms with Gasteiger partial charge in [-0.25, -0.2) is 4.98 Å². The lowest BCUT2D eigenvalue weighted by molar-refractivity contribution is -0.136. The van der Waals surface area contributed by atoms with Crippen molar-refractivity contribution in [2.45, 2.75) is 25.7 Å². The number of methoxy groups -OCH3 is 1. The minimum absolute atomic E-state index is 0.113. The van der Waals surface area contributed by atoms with Gasteiger partial charge in [-0.3, -0.25) is 4.79 Å². The number of hydrogen-bond donors (Lipinski definition) is 2. The molecular weight excluding hydrogens is 390 g/mol.